The Balaban J connectivity index is 0.00000289. The number of rotatable bonds is 6. The van der Waals surface area contributed by atoms with Crippen LogP contribution in [0.3, 0.4) is 0 Å². The van der Waals surface area contributed by atoms with E-state index in [9.17, 15) is 9.59 Å². The Morgan fingerprint density at radius 3 is 2.50 bits per heavy atom. The van der Waals surface area contributed by atoms with Crippen LogP contribution >= 0.6 is 12.4 Å². The third kappa shape index (κ3) is 7.50. The van der Waals surface area contributed by atoms with E-state index in [4.69, 9.17) is 0 Å². The van der Waals surface area contributed by atoms with Gasteiger partial charge in [-0.2, -0.15) is 0 Å². The fourth-order valence-corrected chi connectivity index (χ4v) is 1.88. The standard InChI is InChI=1S/C12H23N3O2.ClH/c1-9(2)14-11(16)4-3-5-12(17)15-10-6-7-13-8-10;/h9-10,13H,3-8H2,1-2H3,(H,14,16)(H,15,17);1H. The van der Waals surface area contributed by atoms with Gasteiger partial charge in [-0.05, 0) is 33.2 Å². The highest BCUT2D eigenvalue weighted by Crippen LogP contribution is 2.00. The van der Waals surface area contributed by atoms with Gasteiger partial charge in [0, 0.05) is 31.5 Å². The van der Waals surface area contributed by atoms with Crippen LogP contribution in [0.2, 0.25) is 0 Å². The molecule has 0 aromatic rings. The summed E-state index contributed by atoms with van der Waals surface area (Å²) >= 11 is 0. The minimum absolute atomic E-state index is 0. The summed E-state index contributed by atoms with van der Waals surface area (Å²) in [7, 11) is 0. The molecule has 1 atom stereocenters. The highest BCUT2D eigenvalue weighted by atomic mass is 35.5. The van der Waals surface area contributed by atoms with Gasteiger partial charge in [-0.3, -0.25) is 9.59 Å². The summed E-state index contributed by atoms with van der Waals surface area (Å²) in [5, 5.41) is 8.96. The molecule has 1 heterocycles. The summed E-state index contributed by atoms with van der Waals surface area (Å²) in [5.41, 5.74) is 0. The van der Waals surface area contributed by atoms with Gasteiger partial charge in [0.2, 0.25) is 11.8 Å². The minimum atomic E-state index is 0. The smallest absolute Gasteiger partial charge is 0.220 e. The maximum atomic E-state index is 11.5. The van der Waals surface area contributed by atoms with Crippen LogP contribution in [0.1, 0.15) is 39.5 Å². The molecular weight excluding hydrogens is 254 g/mol. The van der Waals surface area contributed by atoms with Crippen LogP contribution in [-0.2, 0) is 9.59 Å². The van der Waals surface area contributed by atoms with Crippen LogP contribution in [0.25, 0.3) is 0 Å². The van der Waals surface area contributed by atoms with Crippen molar-refractivity contribution in [2.24, 2.45) is 0 Å². The van der Waals surface area contributed by atoms with E-state index in [1.54, 1.807) is 0 Å². The summed E-state index contributed by atoms with van der Waals surface area (Å²) in [6.45, 7) is 5.69. The lowest BCUT2D eigenvalue weighted by Crippen LogP contribution is -2.36. The van der Waals surface area contributed by atoms with E-state index >= 15 is 0 Å². The van der Waals surface area contributed by atoms with Crippen LogP contribution < -0.4 is 16.0 Å². The van der Waals surface area contributed by atoms with E-state index in [1.165, 1.54) is 0 Å². The number of carbonyl (C=O) groups is 2. The molecular formula is C12H24ClN3O2. The van der Waals surface area contributed by atoms with E-state index in [-0.39, 0.29) is 36.3 Å². The lowest BCUT2D eigenvalue weighted by molar-refractivity contribution is -0.122. The zero-order chi connectivity index (χ0) is 12.7. The first kappa shape index (κ1) is 17.2. The summed E-state index contributed by atoms with van der Waals surface area (Å²) in [6, 6.07) is 0.438. The number of hydrogen-bond acceptors (Lipinski definition) is 3. The second-order valence-corrected chi connectivity index (χ2v) is 4.83. The van der Waals surface area contributed by atoms with E-state index < -0.39 is 0 Å². The molecule has 0 saturated carbocycles. The summed E-state index contributed by atoms with van der Waals surface area (Å²) in [6.07, 6.45) is 2.47. The van der Waals surface area contributed by atoms with Crippen LogP contribution in [-0.4, -0.2) is 37.0 Å². The molecule has 1 aliphatic rings. The molecule has 2 amide bonds. The Morgan fingerprint density at radius 1 is 1.28 bits per heavy atom. The quantitative estimate of drug-likeness (QED) is 0.665. The van der Waals surface area contributed by atoms with Gasteiger partial charge in [-0.15, -0.1) is 12.4 Å². The second kappa shape index (κ2) is 9.16. The molecule has 106 valence electrons. The van der Waals surface area contributed by atoms with Gasteiger partial charge in [-0.25, -0.2) is 0 Å². The fraction of sp³-hybridized carbons (Fsp3) is 0.833. The van der Waals surface area contributed by atoms with Gasteiger partial charge in [0.1, 0.15) is 0 Å². The molecule has 1 saturated heterocycles. The van der Waals surface area contributed by atoms with Gasteiger partial charge < -0.3 is 16.0 Å². The van der Waals surface area contributed by atoms with E-state index in [1.807, 2.05) is 13.8 Å². The summed E-state index contributed by atoms with van der Waals surface area (Å²) in [5.74, 6) is 0.0754. The van der Waals surface area contributed by atoms with Crippen LogP contribution in [0.5, 0.6) is 0 Å². The molecule has 3 N–H and O–H groups in total. The Kier molecular flexibility index (Phi) is 8.75. The lowest BCUT2D eigenvalue weighted by Gasteiger charge is -2.11. The third-order valence-corrected chi connectivity index (χ3v) is 2.68. The van der Waals surface area contributed by atoms with Crippen LogP contribution in [0.15, 0.2) is 0 Å². The topological polar surface area (TPSA) is 70.2 Å². The first-order valence-corrected chi connectivity index (χ1v) is 6.37. The molecule has 0 aromatic heterocycles. The number of carbonyl (C=O) groups excluding carboxylic acids is 2. The molecule has 0 spiro atoms. The number of amides is 2. The van der Waals surface area contributed by atoms with E-state index in [2.05, 4.69) is 16.0 Å². The Bertz CT molecular complexity index is 266. The largest absolute Gasteiger partial charge is 0.354 e. The Hall–Kier alpha value is -0.810. The molecule has 5 nitrogen and oxygen atoms in total. The van der Waals surface area contributed by atoms with Gasteiger partial charge in [0.05, 0.1) is 0 Å². The predicted octanol–water partition coefficient (Wildman–Crippen LogP) is 0.581. The highest BCUT2D eigenvalue weighted by Gasteiger charge is 2.16. The normalized spacial score (nSPS) is 18.3. The molecule has 0 bridgehead atoms. The van der Waals surface area contributed by atoms with Crippen LogP contribution in [0, 0.1) is 0 Å². The Labute approximate surface area is 115 Å². The predicted molar refractivity (Wildman–Crippen MR) is 73.8 cm³/mol. The molecule has 0 radical (unpaired) electrons. The monoisotopic (exact) mass is 277 g/mol. The van der Waals surface area contributed by atoms with Gasteiger partial charge in [0.15, 0.2) is 0 Å². The lowest BCUT2D eigenvalue weighted by atomic mass is 10.2. The molecule has 6 heteroatoms. The van der Waals surface area contributed by atoms with Crippen molar-refractivity contribution in [1.29, 1.82) is 0 Å². The Morgan fingerprint density at radius 2 is 1.94 bits per heavy atom. The van der Waals surface area contributed by atoms with Crippen molar-refractivity contribution in [2.45, 2.75) is 51.6 Å². The van der Waals surface area contributed by atoms with Crippen molar-refractivity contribution in [3.8, 4) is 0 Å². The summed E-state index contributed by atoms with van der Waals surface area (Å²) < 4.78 is 0. The van der Waals surface area contributed by atoms with Crippen molar-refractivity contribution in [3.63, 3.8) is 0 Å². The molecule has 1 fully saturated rings. The first-order chi connectivity index (χ1) is 8.08. The SMILES string of the molecule is CC(C)NC(=O)CCCC(=O)NC1CCNC1.Cl. The van der Waals surface area contributed by atoms with Gasteiger partial charge in [-0.1, -0.05) is 0 Å². The number of hydrogen-bond donors (Lipinski definition) is 3. The fourth-order valence-electron chi connectivity index (χ4n) is 1.88. The molecule has 1 aliphatic heterocycles. The van der Waals surface area contributed by atoms with Gasteiger partial charge >= 0.3 is 0 Å². The van der Waals surface area contributed by atoms with Crippen molar-refractivity contribution in [3.05, 3.63) is 0 Å². The molecule has 1 rings (SSSR count). The zero-order valence-corrected chi connectivity index (χ0v) is 11.9. The van der Waals surface area contributed by atoms with E-state index in [0.29, 0.717) is 19.3 Å². The second-order valence-electron chi connectivity index (χ2n) is 4.83. The van der Waals surface area contributed by atoms with Crippen molar-refractivity contribution < 1.29 is 9.59 Å². The molecule has 0 aromatic carbocycles. The highest BCUT2D eigenvalue weighted by molar-refractivity contribution is 5.85. The zero-order valence-electron chi connectivity index (χ0n) is 11.1. The summed E-state index contributed by atoms with van der Waals surface area (Å²) in [4.78, 5) is 22.9. The number of nitrogens with one attached hydrogen (secondary N) is 3. The maximum Gasteiger partial charge on any atom is 0.220 e. The average molecular weight is 278 g/mol. The van der Waals surface area contributed by atoms with Crippen molar-refractivity contribution in [2.75, 3.05) is 13.1 Å². The van der Waals surface area contributed by atoms with Crippen molar-refractivity contribution in [1.82, 2.24) is 16.0 Å². The number of halogens is 1. The first-order valence-electron chi connectivity index (χ1n) is 6.37. The average Bonchev–Trinajstić information content (AvgIpc) is 2.69. The molecule has 18 heavy (non-hydrogen) atoms. The van der Waals surface area contributed by atoms with Crippen LogP contribution in [0.4, 0.5) is 0 Å². The molecule has 1 unspecified atom stereocenters. The maximum absolute atomic E-state index is 11.5. The van der Waals surface area contributed by atoms with E-state index in [0.717, 1.165) is 19.5 Å². The molecule has 0 aliphatic carbocycles. The van der Waals surface area contributed by atoms with Gasteiger partial charge in [0.25, 0.3) is 0 Å². The minimum Gasteiger partial charge on any atom is -0.354 e. The third-order valence-electron chi connectivity index (χ3n) is 2.68. The van der Waals surface area contributed by atoms with Crippen molar-refractivity contribution >= 4 is 24.2 Å².